The van der Waals surface area contributed by atoms with Gasteiger partial charge in [-0.3, -0.25) is 0 Å². The van der Waals surface area contributed by atoms with Gasteiger partial charge in [0.15, 0.2) is 0 Å². The van der Waals surface area contributed by atoms with Crippen LogP contribution >= 0.6 is 0 Å². The lowest BCUT2D eigenvalue weighted by atomic mass is 10.1. The van der Waals surface area contributed by atoms with Crippen LogP contribution in [0.15, 0.2) is 18.2 Å². The van der Waals surface area contributed by atoms with E-state index in [4.69, 9.17) is 5.26 Å². The molecule has 0 aliphatic rings. The first kappa shape index (κ1) is 13.6. The average molecular weight is 235 g/mol. The van der Waals surface area contributed by atoms with Gasteiger partial charge in [-0.05, 0) is 33.3 Å². The van der Waals surface area contributed by atoms with E-state index in [2.05, 4.69) is 9.80 Å². The molecule has 0 amide bonds. The van der Waals surface area contributed by atoms with Crippen molar-refractivity contribution in [3.63, 3.8) is 0 Å². The Bertz CT molecular complexity index is 410. The second kappa shape index (κ2) is 6.33. The van der Waals surface area contributed by atoms with Crippen molar-refractivity contribution in [3.8, 4) is 6.07 Å². The lowest BCUT2D eigenvalue weighted by molar-refractivity contribution is 0.273. The molecule has 0 aromatic heterocycles. The van der Waals surface area contributed by atoms with E-state index in [-0.39, 0.29) is 5.82 Å². The Hall–Kier alpha value is -1.44. The minimum Gasteiger partial charge on any atom is -0.308 e. The Morgan fingerprint density at radius 2 is 1.94 bits per heavy atom. The largest absolute Gasteiger partial charge is 0.308 e. The molecule has 0 saturated carbocycles. The van der Waals surface area contributed by atoms with Gasteiger partial charge >= 0.3 is 0 Å². The highest BCUT2D eigenvalue weighted by Gasteiger charge is 2.06. The molecule has 1 aromatic carbocycles. The maximum Gasteiger partial charge on any atom is 0.129 e. The van der Waals surface area contributed by atoms with E-state index in [0.29, 0.717) is 17.7 Å². The molecule has 1 rings (SSSR count). The quantitative estimate of drug-likeness (QED) is 0.778. The molecule has 0 fully saturated rings. The highest BCUT2D eigenvalue weighted by molar-refractivity contribution is 5.32. The molecule has 0 unspecified atom stereocenters. The molecule has 4 heteroatoms. The zero-order valence-electron chi connectivity index (χ0n) is 10.6. The number of hydrogen-bond acceptors (Lipinski definition) is 3. The minimum absolute atomic E-state index is 0.305. The smallest absolute Gasteiger partial charge is 0.129 e. The summed E-state index contributed by atoms with van der Waals surface area (Å²) in [6.45, 7) is 2.38. The van der Waals surface area contributed by atoms with Gasteiger partial charge in [0.05, 0.1) is 11.6 Å². The summed E-state index contributed by atoms with van der Waals surface area (Å²) in [4.78, 5) is 4.15. The molecule has 0 radical (unpaired) electrons. The van der Waals surface area contributed by atoms with E-state index in [1.54, 1.807) is 12.1 Å². The first-order valence-electron chi connectivity index (χ1n) is 5.54. The van der Waals surface area contributed by atoms with E-state index < -0.39 is 0 Å². The molecule has 92 valence electrons. The number of rotatable bonds is 5. The number of halogens is 1. The van der Waals surface area contributed by atoms with Crippen LogP contribution in [0.5, 0.6) is 0 Å². The summed E-state index contributed by atoms with van der Waals surface area (Å²) < 4.78 is 13.6. The highest BCUT2D eigenvalue weighted by atomic mass is 19.1. The fourth-order valence-corrected chi connectivity index (χ4v) is 1.49. The molecular formula is C13H18FN3. The zero-order valence-corrected chi connectivity index (χ0v) is 10.6. The van der Waals surface area contributed by atoms with Gasteiger partial charge in [0.2, 0.25) is 0 Å². The first-order valence-corrected chi connectivity index (χ1v) is 5.54. The predicted octanol–water partition coefficient (Wildman–Crippen LogP) is 1.69. The molecule has 0 bridgehead atoms. The van der Waals surface area contributed by atoms with Crippen molar-refractivity contribution in [2.75, 3.05) is 34.2 Å². The van der Waals surface area contributed by atoms with Crippen molar-refractivity contribution < 1.29 is 4.39 Å². The van der Waals surface area contributed by atoms with Crippen molar-refractivity contribution in [3.05, 3.63) is 35.1 Å². The van der Waals surface area contributed by atoms with E-state index in [1.165, 1.54) is 6.07 Å². The number of hydrogen-bond donors (Lipinski definition) is 0. The fourth-order valence-electron chi connectivity index (χ4n) is 1.49. The van der Waals surface area contributed by atoms with Gasteiger partial charge in [0.1, 0.15) is 5.82 Å². The van der Waals surface area contributed by atoms with Crippen LogP contribution in [0.1, 0.15) is 11.1 Å². The summed E-state index contributed by atoms with van der Waals surface area (Å²) in [5.74, 6) is -0.305. The molecule has 0 saturated heterocycles. The Morgan fingerprint density at radius 3 is 2.47 bits per heavy atom. The summed E-state index contributed by atoms with van der Waals surface area (Å²) in [5.41, 5.74) is 0.993. The predicted molar refractivity (Wildman–Crippen MR) is 66.0 cm³/mol. The van der Waals surface area contributed by atoms with Gasteiger partial charge in [-0.15, -0.1) is 0 Å². The molecule has 0 aliphatic heterocycles. The third-order valence-electron chi connectivity index (χ3n) is 2.55. The van der Waals surface area contributed by atoms with Gasteiger partial charge in [-0.1, -0.05) is 6.07 Å². The number of likely N-dealkylation sites (N-methyl/N-ethyl adjacent to an activating group) is 2. The second-order valence-electron chi connectivity index (χ2n) is 4.46. The molecule has 0 spiro atoms. The van der Waals surface area contributed by atoms with Crippen molar-refractivity contribution in [2.24, 2.45) is 0 Å². The second-order valence-corrected chi connectivity index (χ2v) is 4.46. The van der Waals surface area contributed by atoms with E-state index in [0.717, 1.165) is 13.1 Å². The zero-order chi connectivity index (χ0) is 12.8. The third kappa shape index (κ3) is 4.51. The Kier molecular flexibility index (Phi) is 5.08. The summed E-state index contributed by atoms with van der Waals surface area (Å²) in [7, 11) is 5.98. The third-order valence-corrected chi connectivity index (χ3v) is 2.55. The van der Waals surface area contributed by atoms with Crippen molar-refractivity contribution in [1.82, 2.24) is 9.80 Å². The highest BCUT2D eigenvalue weighted by Crippen LogP contribution is 2.11. The monoisotopic (exact) mass is 235 g/mol. The molecule has 0 aliphatic carbocycles. The number of nitrogens with zero attached hydrogens (tertiary/aromatic N) is 3. The standard InChI is InChI=1S/C13H18FN3/c1-16(2)6-7-17(3)10-12-5-4-11(9-15)8-13(12)14/h4-5,8H,6-7,10H2,1-3H3. The van der Waals surface area contributed by atoms with Crippen LogP contribution in [0, 0.1) is 17.1 Å². The van der Waals surface area contributed by atoms with Gasteiger partial charge < -0.3 is 9.80 Å². The molecule has 0 N–H and O–H groups in total. The van der Waals surface area contributed by atoms with Crippen LogP contribution in [0.2, 0.25) is 0 Å². The maximum absolute atomic E-state index is 13.6. The van der Waals surface area contributed by atoms with Gasteiger partial charge in [0, 0.05) is 25.2 Å². The Morgan fingerprint density at radius 1 is 1.24 bits per heavy atom. The van der Waals surface area contributed by atoms with Crippen LogP contribution in [0.25, 0.3) is 0 Å². The SMILES string of the molecule is CN(C)CCN(C)Cc1ccc(C#N)cc1F. The average Bonchev–Trinajstić information content (AvgIpc) is 2.29. The van der Waals surface area contributed by atoms with Crippen LogP contribution in [-0.2, 0) is 6.54 Å². The van der Waals surface area contributed by atoms with E-state index in [1.807, 2.05) is 27.2 Å². The molecular weight excluding hydrogens is 217 g/mol. The van der Waals surface area contributed by atoms with Crippen LogP contribution < -0.4 is 0 Å². The minimum atomic E-state index is -0.305. The van der Waals surface area contributed by atoms with Gasteiger partial charge in [0.25, 0.3) is 0 Å². The lowest BCUT2D eigenvalue weighted by Gasteiger charge is -2.19. The van der Waals surface area contributed by atoms with Crippen molar-refractivity contribution in [1.29, 1.82) is 5.26 Å². The van der Waals surface area contributed by atoms with Crippen molar-refractivity contribution >= 4 is 0 Å². The van der Waals surface area contributed by atoms with Crippen molar-refractivity contribution in [2.45, 2.75) is 6.54 Å². The van der Waals surface area contributed by atoms with Crippen LogP contribution in [0.4, 0.5) is 4.39 Å². The topological polar surface area (TPSA) is 30.3 Å². The molecule has 1 aromatic rings. The maximum atomic E-state index is 13.6. The summed E-state index contributed by atoms with van der Waals surface area (Å²) in [5, 5.41) is 8.65. The van der Waals surface area contributed by atoms with Gasteiger partial charge in [-0.25, -0.2) is 4.39 Å². The summed E-state index contributed by atoms with van der Waals surface area (Å²) in [6, 6.07) is 6.55. The molecule has 3 nitrogen and oxygen atoms in total. The summed E-state index contributed by atoms with van der Waals surface area (Å²) in [6.07, 6.45) is 0. The lowest BCUT2D eigenvalue weighted by Crippen LogP contribution is -2.28. The normalized spacial score (nSPS) is 10.9. The molecule has 0 atom stereocenters. The van der Waals surface area contributed by atoms with E-state index >= 15 is 0 Å². The van der Waals surface area contributed by atoms with Gasteiger partial charge in [-0.2, -0.15) is 5.26 Å². The number of benzene rings is 1. The Balaban J connectivity index is 2.60. The first-order chi connectivity index (χ1) is 8.02. The summed E-state index contributed by atoms with van der Waals surface area (Å²) >= 11 is 0. The fraction of sp³-hybridized carbons (Fsp3) is 0.462. The molecule has 17 heavy (non-hydrogen) atoms. The number of nitriles is 1. The van der Waals surface area contributed by atoms with Crippen LogP contribution in [0.3, 0.4) is 0 Å². The van der Waals surface area contributed by atoms with E-state index in [9.17, 15) is 4.39 Å². The van der Waals surface area contributed by atoms with Crippen LogP contribution in [-0.4, -0.2) is 44.0 Å². The molecule has 0 heterocycles. The Labute approximate surface area is 102 Å².